The molecule has 2 nitrogen and oxygen atoms in total. The molecule has 0 atom stereocenters. The van der Waals surface area contributed by atoms with Crippen molar-refractivity contribution in [2.45, 2.75) is 0 Å². The summed E-state index contributed by atoms with van der Waals surface area (Å²) in [7, 11) is 0. The molecule has 0 aliphatic rings. The number of halogens is 1. The standard InChI is InChI=1S/C9H7NO.HI/c11-9-5-6-10-8-4-2-1-3-7(8)9;/h1-6H,(H,10,11);1H. The average Bonchev–Trinajstić information content (AvgIpc) is 2.06. The molecule has 0 aliphatic heterocycles. The highest BCUT2D eigenvalue weighted by Gasteiger charge is 1.92. The Morgan fingerprint density at radius 2 is 1.83 bits per heavy atom. The van der Waals surface area contributed by atoms with Crippen molar-refractivity contribution in [1.82, 2.24) is 4.98 Å². The maximum Gasteiger partial charge on any atom is 0.189 e. The summed E-state index contributed by atoms with van der Waals surface area (Å²) >= 11 is 0. The third-order valence-corrected chi connectivity index (χ3v) is 1.67. The van der Waals surface area contributed by atoms with Gasteiger partial charge in [-0.15, -0.1) is 24.0 Å². The minimum absolute atomic E-state index is 0. The second-order valence-corrected chi connectivity index (χ2v) is 2.39. The van der Waals surface area contributed by atoms with Crippen LogP contribution in [0.2, 0.25) is 0 Å². The number of benzene rings is 1. The van der Waals surface area contributed by atoms with Crippen molar-refractivity contribution in [2.75, 3.05) is 0 Å². The fourth-order valence-electron chi connectivity index (χ4n) is 1.12. The first-order chi connectivity index (χ1) is 5.38. The van der Waals surface area contributed by atoms with Crippen LogP contribution in [0.15, 0.2) is 41.3 Å². The van der Waals surface area contributed by atoms with Crippen LogP contribution >= 0.6 is 24.0 Å². The molecule has 0 spiro atoms. The fraction of sp³-hybridized carbons (Fsp3) is 0. The summed E-state index contributed by atoms with van der Waals surface area (Å²) in [5, 5.41) is 0.745. The van der Waals surface area contributed by atoms with Crippen molar-refractivity contribution >= 4 is 34.9 Å². The normalized spacial score (nSPS) is 9.33. The molecule has 0 aliphatic carbocycles. The highest BCUT2D eigenvalue weighted by Crippen LogP contribution is 2.03. The molecule has 2 aromatic rings. The van der Waals surface area contributed by atoms with Crippen LogP contribution in [0.1, 0.15) is 0 Å². The van der Waals surface area contributed by atoms with Crippen molar-refractivity contribution in [1.29, 1.82) is 0 Å². The molecule has 1 N–H and O–H groups in total. The number of hydrogen-bond acceptors (Lipinski definition) is 1. The SMILES string of the molecule is I.O=c1cc[nH]c2ccccc12. The quantitative estimate of drug-likeness (QED) is 0.733. The molecule has 0 unspecified atom stereocenters. The molecule has 2 rings (SSSR count). The van der Waals surface area contributed by atoms with Gasteiger partial charge in [-0.05, 0) is 12.1 Å². The van der Waals surface area contributed by atoms with Gasteiger partial charge in [0, 0.05) is 23.2 Å². The molecule has 1 aromatic carbocycles. The van der Waals surface area contributed by atoms with E-state index >= 15 is 0 Å². The monoisotopic (exact) mass is 273 g/mol. The van der Waals surface area contributed by atoms with E-state index in [4.69, 9.17) is 0 Å². The largest absolute Gasteiger partial charge is 0.361 e. The summed E-state index contributed by atoms with van der Waals surface area (Å²) in [6.07, 6.45) is 1.66. The van der Waals surface area contributed by atoms with Gasteiger partial charge in [0.1, 0.15) is 0 Å². The summed E-state index contributed by atoms with van der Waals surface area (Å²) in [4.78, 5) is 14.2. The van der Waals surface area contributed by atoms with Gasteiger partial charge >= 0.3 is 0 Å². The highest BCUT2D eigenvalue weighted by atomic mass is 127. The van der Waals surface area contributed by atoms with Crippen LogP contribution in [0, 0.1) is 0 Å². The van der Waals surface area contributed by atoms with Gasteiger partial charge in [0.2, 0.25) is 0 Å². The van der Waals surface area contributed by atoms with Gasteiger partial charge in [-0.2, -0.15) is 0 Å². The van der Waals surface area contributed by atoms with E-state index in [0.717, 1.165) is 10.9 Å². The molecule has 1 heterocycles. The maximum atomic E-state index is 11.2. The van der Waals surface area contributed by atoms with Gasteiger partial charge in [0.25, 0.3) is 0 Å². The van der Waals surface area contributed by atoms with E-state index in [1.807, 2.05) is 24.3 Å². The lowest BCUT2D eigenvalue weighted by molar-refractivity contribution is 1.39. The van der Waals surface area contributed by atoms with Gasteiger partial charge in [-0.1, -0.05) is 12.1 Å². The maximum absolute atomic E-state index is 11.2. The third-order valence-electron chi connectivity index (χ3n) is 1.67. The average molecular weight is 273 g/mol. The molecule has 1 aromatic heterocycles. The van der Waals surface area contributed by atoms with E-state index < -0.39 is 0 Å². The van der Waals surface area contributed by atoms with Crippen molar-refractivity contribution in [3.05, 3.63) is 46.8 Å². The van der Waals surface area contributed by atoms with Gasteiger partial charge < -0.3 is 4.98 Å². The van der Waals surface area contributed by atoms with Crippen molar-refractivity contribution < 1.29 is 0 Å². The number of pyridine rings is 1. The van der Waals surface area contributed by atoms with Gasteiger partial charge in [0.05, 0.1) is 0 Å². The zero-order valence-corrected chi connectivity index (χ0v) is 8.61. The zero-order valence-electron chi connectivity index (χ0n) is 6.28. The number of fused-ring (bicyclic) bond motifs is 1. The molecule has 3 heteroatoms. The zero-order chi connectivity index (χ0) is 7.68. The molecule has 0 amide bonds. The minimum atomic E-state index is 0. The van der Waals surface area contributed by atoms with Crippen molar-refractivity contribution in [3.8, 4) is 0 Å². The molecule has 0 bridgehead atoms. The molecular formula is C9H8INO. The fourth-order valence-corrected chi connectivity index (χ4v) is 1.12. The third kappa shape index (κ3) is 1.50. The highest BCUT2D eigenvalue weighted by molar-refractivity contribution is 14.0. The summed E-state index contributed by atoms with van der Waals surface area (Å²) in [6, 6.07) is 8.99. The Balaban J connectivity index is 0.000000720. The Bertz CT molecular complexity index is 430. The second kappa shape index (κ2) is 3.71. The van der Waals surface area contributed by atoms with E-state index in [1.165, 1.54) is 6.07 Å². The van der Waals surface area contributed by atoms with Crippen molar-refractivity contribution in [2.24, 2.45) is 0 Å². The van der Waals surface area contributed by atoms with Crippen LogP contribution in [-0.2, 0) is 0 Å². The Morgan fingerprint density at radius 3 is 2.58 bits per heavy atom. The Kier molecular flexibility index (Phi) is 2.86. The predicted octanol–water partition coefficient (Wildman–Crippen LogP) is 2.15. The van der Waals surface area contributed by atoms with E-state index in [0.29, 0.717) is 0 Å². The first-order valence-electron chi connectivity index (χ1n) is 3.44. The van der Waals surface area contributed by atoms with Crippen LogP contribution in [0.25, 0.3) is 10.9 Å². The molecule has 0 saturated heterocycles. The van der Waals surface area contributed by atoms with Gasteiger partial charge in [-0.3, -0.25) is 4.79 Å². The molecule has 12 heavy (non-hydrogen) atoms. The minimum Gasteiger partial charge on any atom is -0.361 e. The van der Waals surface area contributed by atoms with Gasteiger partial charge in [0.15, 0.2) is 5.43 Å². The Morgan fingerprint density at radius 1 is 1.08 bits per heavy atom. The second-order valence-electron chi connectivity index (χ2n) is 2.39. The molecule has 0 radical (unpaired) electrons. The van der Waals surface area contributed by atoms with Crippen LogP contribution in [0.5, 0.6) is 0 Å². The summed E-state index contributed by atoms with van der Waals surface area (Å²) < 4.78 is 0. The van der Waals surface area contributed by atoms with E-state index in [9.17, 15) is 4.79 Å². The van der Waals surface area contributed by atoms with E-state index in [1.54, 1.807) is 6.20 Å². The van der Waals surface area contributed by atoms with E-state index in [2.05, 4.69) is 4.98 Å². The van der Waals surface area contributed by atoms with Crippen LogP contribution in [0.3, 0.4) is 0 Å². The molecular weight excluding hydrogens is 265 g/mol. The van der Waals surface area contributed by atoms with E-state index in [-0.39, 0.29) is 29.4 Å². The summed E-state index contributed by atoms with van der Waals surface area (Å²) in [6.45, 7) is 0. The first-order valence-corrected chi connectivity index (χ1v) is 3.44. The number of aromatic nitrogens is 1. The van der Waals surface area contributed by atoms with Crippen LogP contribution in [0.4, 0.5) is 0 Å². The number of para-hydroxylation sites is 1. The van der Waals surface area contributed by atoms with Gasteiger partial charge in [-0.25, -0.2) is 0 Å². The molecule has 0 fully saturated rings. The topological polar surface area (TPSA) is 32.9 Å². The molecule has 62 valence electrons. The van der Waals surface area contributed by atoms with Crippen molar-refractivity contribution in [3.63, 3.8) is 0 Å². The summed E-state index contributed by atoms with van der Waals surface area (Å²) in [5.41, 5.74) is 0.958. The van der Waals surface area contributed by atoms with Crippen LogP contribution in [-0.4, -0.2) is 4.98 Å². The Hall–Kier alpha value is -0.840. The molecule has 0 saturated carbocycles. The number of nitrogens with one attached hydrogen (secondary N) is 1. The number of H-pyrrole nitrogens is 1. The predicted molar refractivity (Wildman–Crippen MR) is 60.0 cm³/mol. The smallest absolute Gasteiger partial charge is 0.189 e. The Labute approximate surface area is 86.6 Å². The lowest BCUT2D eigenvalue weighted by Crippen LogP contribution is -1.98. The van der Waals surface area contributed by atoms with Crippen LogP contribution < -0.4 is 5.43 Å². The first kappa shape index (κ1) is 9.25. The number of rotatable bonds is 0. The lowest BCUT2D eigenvalue weighted by atomic mass is 10.2. The summed E-state index contributed by atoms with van der Waals surface area (Å²) in [5.74, 6) is 0. The lowest BCUT2D eigenvalue weighted by Gasteiger charge is -1.92. The number of hydrogen-bond donors (Lipinski definition) is 1. The number of aromatic amines is 1.